The molecule has 0 saturated heterocycles. The molecule has 0 bridgehead atoms. The lowest BCUT2D eigenvalue weighted by atomic mass is 10.3. The molecule has 0 radical (unpaired) electrons. The summed E-state index contributed by atoms with van der Waals surface area (Å²) >= 11 is 3.48. The minimum atomic E-state index is 0.569. The first-order chi connectivity index (χ1) is 9.60. The predicted octanol–water partition coefficient (Wildman–Crippen LogP) is 2.69. The Morgan fingerprint density at radius 3 is 2.80 bits per heavy atom. The molecule has 20 heavy (non-hydrogen) atoms. The van der Waals surface area contributed by atoms with Crippen molar-refractivity contribution in [3.8, 4) is 0 Å². The number of nitrogens with two attached hydrogens (primary N) is 1. The number of aromatic nitrogens is 2. The van der Waals surface area contributed by atoms with E-state index in [0.29, 0.717) is 13.1 Å². The van der Waals surface area contributed by atoms with Gasteiger partial charge in [-0.3, -0.25) is 0 Å². The van der Waals surface area contributed by atoms with Gasteiger partial charge in [0.05, 0.1) is 0 Å². The number of nitrogens with one attached hydrogen (secondary N) is 1. The summed E-state index contributed by atoms with van der Waals surface area (Å²) in [5.41, 5.74) is 6.56. The summed E-state index contributed by atoms with van der Waals surface area (Å²) in [4.78, 5) is 10.8. The molecule has 3 N–H and O–H groups in total. The fraction of sp³-hybridized carbons (Fsp3) is 0.286. The second-order valence-electron chi connectivity index (χ2n) is 4.41. The number of nitrogens with zero attached hydrogens (tertiary/aromatic N) is 3. The Labute approximate surface area is 127 Å². The van der Waals surface area contributed by atoms with E-state index in [4.69, 9.17) is 5.73 Å². The molecule has 0 spiro atoms. The Kier molecular flexibility index (Phi) is 4.92. The number of hydrogen-bond acceptors (Lipinski definition) is 5. The smallest absolute Gasteiger partial charge is 0.138 e. The highest BCUT2D eigenvalue weighted by atomic mass is 79.9. The average molecular weight is 336 g/mol. The maximum atomic E-state index is 5.50. The Morgan fingerprint density at radius 1 is 1.30 bits per heavy atom. The van der Waals surface area contributed by atoms with Crippen molar-refractivity contribution in [2.75, 3.05) is 30.4 Å². The third-order valence-electron chi connectivity index (χ3n) is 2.81. The molecule has 0 unspecified atom stereocenters. The zero-order chi connectivity index (χ0) is 14.5. The molecule has 0 saturated carbocycles. The SMILES string of the molecule is Cc1nc(NCCN)cc(N(C)c2cccc(Br)c2)n1. The van der Waals surface area contributed by atoms with E-state index in [1.54, 1.807) is 0 Å². The second-order valence-corrected chi connectivity index (χ2v) is 5.33. The largest absolute Gasteiger partial charge is 0.369 e. The molecule has 0 aliphatic rings. The van der Waals surface area contributed by atoms with Crippen molar-refractivity contribution in [2.45, 2.75) is 6.92 Å². The van der Waals surface area contributed by atoms with E-state index in [1.165, 1.54) is 0 Å². The summed E-state index contributed by atoms with van der Waals surface area (Å²) in [6.07, 6.45) is 0. The van der Waals surface area contributed by atoms with Crippen LogP contribution in [0.4, 0.5) is 17.3 Å². The van der Waals surface area contributed by atoms with Crippen LogP contribution < -0.4 is 16.0 Å². The Bertz CT molecular complexity index is 588. The van der Waals surface area contributed by atoms with E-state index in [2.05, 4.69) is 31.2 Å². The van der Waals surface area contributed by atoms with Gasteiger partial charge in [0, 0.05) is 36.4 Å². The topological polar surface area (TPSA) is 67.1 Å². The number of rotatable bonds is 5. The maximum absolute atomic E-state index is 5.50. The van der Waals surface area contributed by atoms with E-state index in [1.807, 2.05) is 49.2 Å². The highest BCUT2D eigenvalue weighted by molar-refractivity contribution is 9.10. The van der Waals surface area contributed by atoms with Crippen molar-refractivity contribution in [3.63, 3.8) is 0 Å². The van der Waals surface area contributed by atoms with Gasteiger partial charge in [0.25, 0.3) is 0 Å². The number of anilines is 3. The van der Waals surface area contributed by atoms with Crippen molar-refractivity contribution in [3.05, 3.63) is 40.6 Å². The van der Waals surface area contributed by atoms with Crippen molar-refractivity contribution in [2.24, 2.45) is 5.73 Å². The first kappa shape index (κ1) is 14.7. The summed E-state index contributed by atoms with van der Waals surface area (Å²) in [5, 5.41) is 3.18. The Morgan fingerprint density at radius 2 is 2.10 bits per heavy atom. The van der Waals surface area contributed by atoms with Gasteiger partial charge in [-0.15, -0.1) is 0 Å². The third-order valence-corrected chi connectivity index (χ3v) is 3.31. The van der Waals surface area contributed by atoms with E-state index < -0.39 is 0 Å². The van der Waals surface area contributed by atoms with Gasteiger partial charge in [0.1, 0.15) is 17.5 Å². The van der Waals surface area contributed by atoms with E-state index in [-0.39, 0.29) is 0 Å². The third kappa shape index (κ3) is 3.68. The van der Waals surface area contributed by atoms with Crippen molar-refractivity contribution < 1.29 is 0 Å². The minimum absolute atomic E-state index is 0.569. The van der Waals surface area contributed by atoms with Gasteiger partial charge in [-0.25, -0.2) is 9.97 Å². The molecule has 0 amide bonds. The first-order valence-corrected chi connectivity index (χ1v) is 7.18. The van der Waals surface area contributed by atoms with E-state index in [9.17, 15) is 0 Å². The van der Waals surface area contributed by atoms with Crippen molar-refractivity contribution in [1.82, 2.24) is 9.97 Å². The van der Waals surface area contributed by atoms with Gasteiger partial charge in [0.2, 0.25) is 0 Å². The van der Waals surface area contributed by atoms with Gasteiger partial charge < -0.3 is 16.0 Å². The zero-order valence-corrected chi connectivity index (χ0v) is 13.2. The number of halogens is 1. The summed E-state index contributed by atoms with van der Waals surface area (Å²) in [5.74, 6) is 2.36. The van der Waals surface area contributed by atoms with Gasteiger partial charge in [-0.1, -0.05) is 22.0 Å². The number of hydrogen-bond donors (Lipinski definition) is 2. The molecule has 0 aliphatic carbocycles. The molecule has 2 rings (SSSR count). The normalized spacial score (nSPS) is 10.4. The molecule has 106 valence electrons. The van der Waals surface area contributed by atoms with E-state index in [0.717, 1.165) is 27.6 Å². The number of benzene rings is 1. The van der Waals surface area contributed by atoms with Crippen LogP contribution in [0.2, 0.25) is 0 Å². The summed E-state index contributed by atoms with van der Waals surface area (Å²) < 4.78 is 1.04. The molecule has 1 aromatic heterocycles. The highest BCUT2D eigenvalue weighted by Crippen LogP contribution is 2.25. The average Bonchev–Trinajstić information content (AvgIpc) is 2.43. The van der Waals surface area contributed by atoms with Gasteiger partial charge >= 0.3 is 0 Å². The first-order valence-electron chi connectivity index (χ1n) is 6.39. The second kappa shape index (κ2) is 6.67. The van der Waals surface area contributed by atoms with Crippen LogP contribution >= 0.6 is 15.9 Å². The molecular weight excluding hydrogens is 318 g/mol. The molecule has 0 fully saturated rings. The van der Waals surface area contributed by atoms with Crippen molar-refractivity contribution >= 4 is 33.3 Å². The summed E-state index contributed by atoms with van der Waals surface area (Å²) in [6.45, 7) is 3.14. The lowest BCUT2D eigenvalue weighted by Crippen LogP contribution is -2.16. The minimum Gasteiger partial charge on any atom is -0.369 e. The molecule has 5 nitrogen and oxygen atoms in total. The van der Waals surface area contributed by atoms with Crippen molar-refractivity contribution in [1.29, 1.82) is 0 Å². The van der Waals surface area contributed by atoms with Gasteiger partial charge in [-0.05, 0) is 25.1 Å². The standard InChI is InChI=1S/C14H18BrN5/c1-10-18-13(17-7-6-16)9-14(19-10)20(2)12-5-3-4-11(15)8-12/h3-5,8-9H,6-7,16H2,1-2H3,(H,17,18,19). The molecular formula is C14H18BrN5. The predicted molar refractivity (Wildman–Crippen MR) is 86.5 cm³/mol. The highest BCUT2D eigenvalue weighted by Gasteiger charge is 2.08. The maximum Gasteiger partial charge on any atom is 0.138 e. The fourth-order valence-electron chi connectivity index (χ4n) is 1.83. The lowest BCUT2D eigenvalue weighted by molar-refractivity contribution is 0.973. The Balaban J connectivity index is 2.29. The van der Waals surface area contributed by atoms with Crippen LogP contribution in [0.5, 0.6) is 0 Å². The van der Waals surface area contributed by atoms with Crippen LogP contribution in [0.1, 0.15) is 5.82 Å². The quantitative estimate of drug-likeness (QED) is 0.879. The summed E-state index contributed by atoms with van der Waals surface area (Å²) in [6, 6.07) is 10.00. The van der Waals surface area contributed by atoms with Crippen LogP contribution in [-0.4, -0.2) is 30.1 Å². The monoisotopic (exact) mass is 335 g/mol. The molecule has 6 heteroatoms. The molecule has 0 atom stereocenters. The van der Waals surface area contributed by atoms with Crippen LogP contribution in [-0.2, 0) is 0 Å². The molecule has 0 aliphatic heterocycles. The lowest BCUT2D eigenvalue weighted by Gasteiger charge is -2.19. The van der Waals surface area contributed by atoms with Crippen LogP contribution in [0.25, 0.3) is 0 Å². The molecule has 1 aromatic carbocycles. The Hall–Kier alpha value is -1.66. The van der Waals surface area contributed by atoms with Gasteiger partial charge in [0.15, 0.2) is 0 Å². The van der Waals surface area contributed by atoms with Crippen LogP contribution in [0, 0.1) is 6.92 Å². The zero-order valence-electron chi connectivity index (χ0n) is 11.6. The fourth-order valence-corrected chi connectivity index (χ4v) is 2.22. The molecule has 2 aromatic rings. The van der Waals surface area contributed by atoms with Crippen LogP contribution in [0.15, 0.2) is 34.8 Å². The van der Waals surface area contributed by atoms with Crippen LogP contribution in [0.3, 0.4) is 0 Å². The van der Waals surface area contributed by atoms with Gasteiger partial charge in [-0.2, -0.15) is 0 Å². The summed E-state index contributed by atoms with van der Waals surface area (Å²) in [7, 11) is 1.98. The number of aryl methyl sites for hydroxylation is 1. The molecule has 1 heterocycles. The van der Waals surface area contributed by atoms with E-state index >= 15 is 0 Å².